The molecule has 0 spiro atoms. The average Bonchev–Trinajstić information content (AvgIpc) is 2.58. The molecular weight excluding hydrogens is 216 g/mol. The first-order valence-corrected chi connectivity index (χ1v) is 5.38. The van der Waals surface area contributed by atoms with E-state index < -0.39 is 0 Å². The molecule has 1 aromatic carbocycles. The van der Waals surface area contributed by atoms with E-state index in [0.717, 1.165) is 11.3 Å². The van der Waals surface area contributed by atoms with E-state index in [0.29, 0.717) is 5.57 Å². The van der Waals surface area contributed by atoms with Crippen LogP contribution < -0.4 is 10.2 Å². The number of benzene rings is 1. The smallest absolute Gasteiger partial charge is 0.254 e. The Morgan fingerprint density at radius 1 is 1.29 bits per heavy atom. The Morgan fingerprint density at radius 3 is 2.65 bits per heavy atom. The molecule has 17 heavy (non-hydrogen) atoms. The Balaban J connectivity index is 2.29. The van der Waals surface area contributed by atoms with Crippen LogP contribution in [0, 0.1) is 0 Å². The van der Waals surface area contributed by atoms with Gasteiger partial charge in [-0.2, -0.15) is 0 Å². The van der Waals surface area contributed by atoms with Crippen molar-refractivity contribution in [2.45, 2.75) is 6.42 Å². The largest absolute Gasteiger partial charge is 0.378 e. The summed E-state index contributed by atoms with van der Waals surface area (Å²) in [5.41, 5.74) is 2.51. The normalized spacial score (nSPS) is 17.4. The monoisotopic (exact) mass is 230 g/mol. The van der Waals surface area contributed by atoms with Crippen molar-refractivity contribution in [3.05, 3.63) is 35.4 Å². The van der Waals surface area contributed by atoms with E-state index in [9.17, 15) is 9.59 Å². The second kappa shape index (κ2) is 4.41. The minimum Gasteiger partial charge on any atom is -0.378 e. The molecule has 4 heteroatoms. The van der Waals surface area contributed by atoms with Crippen molar-refractivity contribution in [3.8, 4) is 0 Å². The van der Waals surface area contributed by atoms with Crippen LogP contribution in [0.15, 0.2) is 29.8 Å². The minimum atomic E-state index is -0.287. The van der Waals surface area contributed by atoms with Crippen LogP contribution in [-0.2, 0) is 9.59 Å². The molecule has 1 heterocycles. The third kappa shape index (κ3) is 2.53. The predicted octanol–water partition coefficient (Wildman–Crippen LogP) is 1.18. The molecule has 1 aliphatic rings. The lowest BCUT2D eigenvalue weighted by molar-refractivity contribution is -0.124. The van der Waals surface area contributed by atoms with E-state index >= 15 is 0 Å². The van der Waals surface area contributed by atoms with Crippen LogP contribution in [0.3, 0.4) is 0 Å². The molecule has 2 rings (SSSR count). The number of nitrogens with one attached hydrogen (secondary N) is 1. The first-order valence-electron chi connectivity index (χ1n) is 5.38. The van der Waals surface area contributed by atoms with Gasteiger partial charge in [-0.25, -0.2) is 0 Å². The standard InChI is InChI=1S/C13H14N2O2/c1-15(2)11-5-3-4-9(7-11)6-10-8-12(16)14-13(10)17/h3-7H,8H2,1-2H3,(H,14,16,17)/b10-6+. The number of hydrogen-bond donors (Lipinski definition) is 1. The maximum Gasteiger partial charge on any atom is 0.254 e. The zero-order chi connectivity index (χ0) is 12.4. The molecule has 2 amide bonds. The fourth-order valence-corrected chi connectivity index (χ4v) is 1.71. The molecule has 1 aromatic rings. The topological polar surface area (TPSA) is 49.4 Å². The van der Waals surface area contributed by atoms with E-state index in [2.05, 4.69) is 5.32 Å². The van der Waals surface area contributed by atoms with Crippen molar-refractivity contribution in [3.63, 3.8) is 0 Å². The van der Waals surface area contributed by atoms with Crippen LogP contribution in [0.25, 0.3) is 6.08 Å². The van der Waals surface area contributed by atoms with Gasteiger partial charge in [-0.15, -0.1) is 0 Å². The molecule has 0 bridgehead atoms. The van der Waals surface area contributed by atoms with E-state index in [1.807, 2.05) is 43.3 Å². The summed E-state index contributed by atoms with van der Waals surface area (Å²) in [6, 6.07) is 7.80. The summed E-state index contributed by atoms with van der Waals surface area (Å²) in [6.45, 7) is 0. The van der Waals surface area contributed by atoms with Gasteiger partial charge >= 0.3 is 0 Å². The molecule has 1 fully saturated rings. The van der Waals surface area contributed by atoms with Gasteiger partial charge in [-0.3, -0.25) is 14.9 Å². The average molecular weight is 230 g/mol. The van der Waals surface area contributed by atoms with Gasteiger partial charge < -0.3 is 4.90 Å². The summed E-state index contributed by atoms with van der Waals surface area (Å²) in [6.07, 6.45) is 1.93. The maximum atomic E-state index is 11.4. The van der Waals surface area contributed by atoms with Crippen molar-refractivity contribution in [1.29, 1.82) is 0 Å². The van der Waals surface area contributed by atoms with Crippen molar-refractivity contribution < 1.29 is 9.59 Å². The van der Waals surface area contributed by atoms with Gasteiger partial charge in [0.25, 0.3) is 5.91 Å². The van der Waals surface area contributed by atoms with Crippen LogP contribution >= 0.6 is 0 Å². The highest BCUT2D eigenvalue weighted by atomic mass is 16.2. The SMILES string of the molecule is CN(C)c1cccc(/C=C2\CC(=O)NC2=O)c1. The van der Waals surface area contributed by atoms with Gasteiger partial charge in [0, 0.05) is 25.4 Å². The summed E-state index contributed by atoms with van der Waals surface area (Å²) in [7, 11) is 3.91. The Hall–Kier alpha value is -2.10. The molecule has 0 radical (unpaired) electrons. The number of carbonyl (C=O) groups excluding carboxylic acids is 2. The first kappa shape index (κ1) is 11.4. The first-order chi connectivity index (χ1) is 8.06. The van der Waals surface area contributed by atoms with Crippen molar-refractivity contribution >= 4 is 23.6 Å². The molecule has 0 atom stereocenters. The number of anilines is 1. The molecule has 0 unspecified atom stereocenters. The molecule has 1 aliphatic heterocycles. The van der Waals surface area contributed by atoms with Gasteiger partial charge in [0.2, 0.25) is 5.91 Å². The highest BCUT2D eigenvalue weighted by Gasteiger charge is 2.23. The van der Waals surface area contributed by atoms with Crippen LogP contribution in [0.2, 0.25) is 0 Å². The number of nitrogens with zero attached hydrogens (tertiary/aromatic N) is 1. The van der Waals surface area contributed by atoms with Crippen LogP contribution in [0.4, 0.5) is 5.69 Å². The number of hydrogen-bond acceptors (Lipinski definition) is 3. The summed E-state index contributed by atoms with van der Waals surface area (Å²) in [5, 5.41) is 2.27. The van der Waals surface area contributed by atoms with Gasteiger partial charge in [0.1, 0.15) is 0 Å². The lowest BCUT2D eigenvalue weighted by atomic mass is 10.1. The van der Waals surface area contributed by atoms with Gasteiger partial charge in [0.15, 0.2) is 0 Å². The summed E-state index contributed by atoms with van der Waals surface area (Å²) in [4.78, 5) is 24.4. The Morgan fingerprint density at radius 2 is 2.06 bits per heavy atom. The third-order valence-electron chi connectivity index (χ3n) is 2.62. The zero-order valence-corrected chi connectivity index (χ0v) is 9.86. The maximum absolute atomic E-state index is 11.4. The summed E-state index contributed by atoms with van der Waals surface area (Å²) >= 11 is 0. The van der Waals surface area contributed by atoms with Crippen LogP contribution in [-0.4, -0.2) is 25.9 Å². The van der Waals surface area contributed by atoms with Gasteiger partial charge in [0.05, 0.1) is 6.42 Å². The lowest BCUT2D eigenvalue weighted by Crippen LogP contribution is -2.19. The molecule has 0 saturated carbocycles. The quantitative estimate of drug-likeness (QED) is 0.613. The Kier molecular flexibility index (Phi) is 2.95. The molecule has 0 aliphatic carbocycles. The molecule has 0 aromatic heterocycles. The molecular formula is C13H14N2O2. The van der Waals surface area contributed by atoms with Gasteiger partial charge in [-0.1, -0.05) is 12.1 Å². The van der Waals surface area contributed by atoms with E-state index in [1.165, 1.54) is 0 Å². The Bertz CT molecular complexity index is 504. The van der Waals surface area contributed by atoms with E-state index in [-0.39, 0.29) is 18.2 Å². The Labute approximate surface area is 99.9 Å². The third-order valence-corrected chi connectivity index (χ3v) is 2.62. The lowest BCUT2D eigenvalue weighted by Gasteiger charge is -2.12. The zero-order valence-electron chi connectivity index (χ0n) is 9.86. The number of rotatable bonds is 2. The highest BCUT2D eigenvalue weighted by molar-refractivity contribution is 6.15. The predicted molar refractivity (Wildman–Crippen MR) is 66.5 cm³/mol. The minimum absolute atomic E-state index is 0.172. The molecule has 1 saturated heterocycles. The van der Waals surface area contributed by atoms with Crippen molar-refractivity contribution in [1.82, 2.24) is 5.32 Å². The molecule has 88 valence electrons. The van der Waals surface area contributed by atoms with Crippen molar-refractivity contribution in [2.75, 3.05) is 19.0 Å². The van der Waals surface area contributed by atoms with Crippen molar-refractivity contribution in [2.24, 2.45) is 0 Å². The summed E-state index contributed by atoms with van der Waals surface area (Å²) in [5.74, 6) is -0.518. The fraction of sp³-hybridized carbons (Fsp3) is 0.231. The highest BCUT2D eigenvalue weighted by Crippen LogP contribution is 2.18. The molecule has 4 nitrogen and oxygen atoms in total. The van der Waals surface area contributed by atoms with E-state index in [4.69, 9.17) is 0 Å². The molecule has 1 N–H and O–H groups in total. The van der Waals surface area contributed by atoms with E-state index in [1.54, 1.807) is 6.08 Å². The fourth-order valence-electron chi connectivity index (χ4n) is 1.71. The number of imide groups is 1. The number of amides is 2. The van der Waals surface area contributed by atoms with Gasteiger partial charge in [-0.05, 0) is 23.8 Å². The second-order valence-electron chi connectivity index (χ2n) is 4.21. The van der Waals surface area contributed by atoms with Crippen LogP contribution in [0.1, 0.15) is 12.0 Å². The number of carbonyl (C=O) groups is 2. The van der Waals surface area contributed by atoms with Crippen LogP contribution in [0.5, 0.6) is 0 Å². The second-order valence-corrected chi connectivity index (χ2v) is 4.21. The summed E-state index contributed by atoms with van der Waals surface area (Å²) < 4.78 is 0.